The molecule has 2 fully saturated rings. The molecule has 6 nitrogen and oxygen atoms in total. The fourth-order valence-electron chi connectivity index (χ4n) is 5.68. The number of aliphatic hydroxyl groups excluding tert-OH is 1. The number of carbonyl (C=O) groups excluding carboxylic acids is 1. The number of hydrogen-bond donors (Lipinski definition) is 2. The van der Waals surface area contributed by atoms with Crippen molar-refractivity contribution in [3.05, 3.63) is 59.2 Å². The minimum absolute atomic E-state index is 0.0541. The lowest BCUT2D eigenvalue weighted by Crippen LogP contribution is -2.33. The average Bonchev–Trinajstić information content (AvgIpc) is 3.48. The Kier molecular flexibility index (Phi) is 4.42. The highest BCUT2D eigenvalue weighted by atomic mass is 19.1. The fourth-order valence-corrected chi connectivity index (χ4v) is 5.68. The first kappa shape index (κ1) is 19.9. The van der Waals surface area contributed by atoms with E-state index in [1.807, 2.05) is 12.1 Å². The topological polar surface area (TPSA) is 84.4 Å². The summed E-state index contributed by atoms with van der Waals surface area (Å²) in [4.78, 5) is 20.1. The van der Waals surface area contributed by atoms with Crippen molar-refractivity contribution in [1.29, 1.82) is 0 Å². The maximum absolute atomic E-state index is 14.1. The van der Waals surface area contributed by atoms with Gasteiger partial charge in [-0.3, -0.25) is 4.79 Å². The highest BCUT2D eigenvalue weighted by molar-refractivity contribution is 6.10. The molecule has 1 aromatic heterocycles. The number of anilines is 1. The van der Waals surface area contributed by atoms with Gasteiger partial charge >= 0.3 is 0 Å². The third-order valence-corrected chi connectivity index (χ3v) is 7.56. The lowest BCUT2D eigenvalue weighted by Gasteiger charge is -2.29. The maximum atomic E-state index is 14.1. The van der Waals surface area contributed by atoms with E-state index in [1.54, 1.807) is 11.0 Å². The molecule has 0 bridgehead atoms. The maximum Gasteiger partial charge on any atom is 0.238 e. The summed E-state index contributed by atoms with van der Waals surface area (Å²) in [6, 6.07) is 11.0. The van der Waals surface area contributed by atoms with Crippen LogP contribution in [0.4, 0.5) is 10.1 Å². The monoisotopic (exact) mass is 434 g/mol. The number of nitrogens with two attached hydrogens (primary N) is 1. The van der Waals surface area contributed by atoms with Gasteiger partial charge < -0.3 is 20.3 Å². The van der Waals surface area contributed by atoms with Gasteiger partial charge in [0.2, 0.25) is 5.91 Å². The highest BCUT2D eigenvalue weighted by Crippen LogP contribution is 2.57. The number of rotatable bonds is 4. The van der Waals surface area contributed by atoms with E-state index >= 15 is 0 Å². The zero-order valence-electron chi connectivity index (χ0n) is 17.9. The molecular formula is C25H27FN4O2. The Morgan fingerprint density at radius 1 is 1.12 bits per heavy atom. The number of carbonyl (C=O) groups is 1. The first-order valence-electron chi connectivity index (χ1n) is 11.5. The molecule has 2 heterocycles. The molecule has 3 N–H and O–H groups in total. The molecule has 3 aromatic rings. The number of halogens is 1. The van der Waals surface area contributed by atoms with Crippen molar-refractivity contribution in [2.45, 2.75) is 69.2 Å². The van der Waals surface area contributed by atoms with E-state index < -0.39 is 5.41 Å². The molecule has 1 aliphatic heterocycles. The van der Waals surface area contributed by atoms with Gasteiger partial charge in [0.1, 0.15) is 11.6 Å². The number of amides is 1. The Hall–Kier alpha value is -2.77. The van der Waals surface area contributed by atoms with Crippen molar-refractivity contribution in [2.24, 2.45) is 5.73 Å². The lowest BCUT2D eigenvalue weighted by atomic mass is 9.92. The molecule has 2 aliphatic carbocycles. The second-order valence-corrected chi connectivity index (χ2v) is 9.52. The van der Waals surface area contributed by atoms with Crippen molar-refractivity contribution >= 4 is 22.6 Å². The van der Waals surface area contributed by atoms with Gasteiger partial charge in [-0.2, -0.15) is 0 Å². The molecule has 166 valence electrons. The van der Waals surface area contributed by atoms with E-state index in [-0.39, 0.29) is 23.9 Å². The summed E-state index contributed by atoms with van der Waals surface area (Å²) >= 11 is 0. The Morgan fingerprint density at radius 2 is 1.91 bits per heavy atom. The molecular weight excluding hydrogens is 407 g/mol. The molecule has 0 unspecified atom stereocenters. The van der Waals surface area contributed by atoms with Crippen molar-refractivity contribution in [3.8, 4) is 0 Å². The third kappa shape index (κ3) is 2.91. The van der Waals surface area contributed by atoms with Crippen LogP contribution in [0.2, 0.25) is 0 Å². The lowest BCUT2D eigenvalue weighted by molar-refractivity contribution is -0.120. The predicted octanol–water partition coefficient (Wildman–Crippen LogP) is 3.69. The second-order valence-electron chi connectivity index (χ2n) is 9.52. The summed E-state index contributed by atoms with van der Waals surface area (Å²) in [7, 11) is 0. The summed E-state index contributed by atoms with van der Waals surface area (Å²) in [6.45, 7) is 0.746. The molecule has 1 spiro atoms. The van der Waals surface area contributed by atoms with Crippen LogP contribution in [0.25, 0.3) is 11.0 Å². The van der Waals surface area contributed by atoms with E-state index in [9.17, 15) is 14.3 Å². The summed E-state index contributed by atoms with van der Waals surface area (Å²) in [5.74, 6) is 0.525. The number of benzene rings is 2. The van der Waals surface area contributed by atoms with Gasteiger partial charge in [0.05, 0.1) is 34.8 Å². The number of aromatic nitrogens is 2. The van der Waals surface area contributed by atoms with Crippen LogP contribution >= 0.6 is 0 Å². The van der Waals surface area contributed by atoms with Gasteiger partial charge in [-0.1, -0.05) is 12.1 Å². The van der Waals surface area contributed by atoms with Gasteiger partial charge in [0, 0.05) is 12.6 Å². The van der Waals surface area contributed by atoms with Crippen LogP contribution in [0.3, 0.4) is 0 Å². The van der Waals surface area contributed by atoms with Crippen molar-refractivity contribution < 1.29 is 14.3 Å². The standard InChI is InChI=1S/C25H27FN4O2/c26-16-2-7-19-22(12-16)29(24(32)25(19)9-10-25)14-23-28-20-11-15(13-27)1-8-21(20)30(23)17-3-5-18(31)6-4-17/h1-2,7-8,11-12,17-18,31H,3-6,9-10,13-14,27H2/t17-,18-. The van der Waals surface area contributed by atoms with Crippen molar-refractivity contribution in [1.82, 2.24) is 9.55 Å². The fraction of sp³-hybridized carbons (Fsp3) is 0.440. The van der Waals surface area contributed by atoms with Gasteiger partial charge in [-0.25, -0.2) is 9.37 Å². The minimum atomic E-state index is -0.471. The van der Waals surface area contributed by atoms with Gasteiger partial charge in [-0.05, 0) is 73.9 Å². The average molecular weight is 435 g/mol. The van der Waals surface area contributed by atoms with Crippen LogP contribution < -0.4 is 10.6 Å². The largest absolute Gasteiger partial charge is 0.393 e. The van der Waals surface area contributed by atoms with Crippen LogP contribution in [-0.4, -0.2) is 26.7 Å². The van der Waals surface area contributed by atoms with Crippen LogP contribution in [0, 0.1) is 5.82 Å². The molecule has 0 atom stereocenters. The van der Waals surface area contributed by atoms with E-state index in [0.29, 0.717) is 18.8 Å². The first-order chi connectivity index (χ1) is 15.5. The van der Waals surface area contributed by atoms with Crippen molar-refractivity contribution in [2.75, 3.05) is 4.90 Å². The van der Waals surface area contributed by atoms with Gasteiger partial charge in [0.25, 0.3) is 0 Å². The van der Waals surface area contributed by atoms with Gasteiger partial charge in [0.15, 0.2) is 0 Å². The number of fused-ring (bicyclic) bond motifs is 3. The summed E-state index contributed by atoms with van der Waals surface area (Å²) < 4.78 is 16.4. The molecule has 32 heavy (non-hydrogen) atoms. The number of aliphatic hydroxyl groups is 1. The Bertz CT molecular complexity index is 1220. The van der Waals surface area contributed by atoms with E-state index in [0.717, 1.165) is 66.5 Å². The minimum Gasteiger partial charge on any atom is -0.393 e. The molecule has 1 amide bonds. The Labute approximate surface area is 185 Å². The van der Waals surface area contributed by atoms with E-state index in [2.05, 4.69) is 10.6 Å². The molecule has 3 aliphatic rings. The van der Waals surface area contributed by atoms with Crippen LogP contribution in [0.15, 0.2) is 36.4 Å². The first-order valence-corrected chi connectivity index (χ1v) is 11.5. The van der Waals surface area contributed by atoms with Crippen molar-refractivity contribution in [3.63, 3.8) is 0 Å². The normalized spacial score (nSPS) is 23.8. The smallest absolute Gasteiger partial charge is 0.238 e. The molecule has 0 saturated heterocycles. The summed E-state index contributed by atoms with van der Waals surface area (Å²) in [5.41, 5.74) is 9.88. The molecule has 6 rings (SSSR count). The van der Waals surface area contributed by atoms with Crippen LogP contribution in [0.5, 0.6) is 0 Å². The molecule has 2 saturated carbocycles. The summed E-state index contributed by atoms with van der Waals surface area (Å²) in [5, 5.41) is 10.0. The molecule has 2 aromatic carbocycles. The summed E-state index contributed by atoms with van der Waals surface area (Å²) in [6.07, 6.45) is 4.62. The van der Waals surface area contributed by atoms with Gasteiger partial charge in [-0.15, -0.1) is 0 Å². The SMILES string of the molecule is NCc1ccc2c(c1)nc(CN1C(=O)C3(CC3)c3ccc(F)cc31)n2[C@H]1CC[C@H](O)CC1. The zero-order valence-corrected chi connectivity index (χ0v) is 17.9. The number of nitrogens with zero attached hydrogens (tertiary/aromatic N) is 3. The van der Waals surface area contributed by atoms with E-state index in [1.165, 1.54) is 12.1 Å². The third-order valence-electron chi connectivity index (χ3n) is 7.56. The Balaban J connectivity index is 1.44. The van der Waals surface area contributed by atoms with Crippen LogP contribution in [0.1, 0.15) is 61.5 Å². The predicted molar refractivity (Wildman–Crippen MR) is 120 cm³/mol. The number of imidazole rings is 1. The number of hydrogen-bond acceptors (Lipinski definition) is 4. The second kappa shape index (κ2) is 7.12. The quantitative estimate of drug-likeness (QED) is 0.656. The zero-order chi connectivity index (χ0) is 22.0. The highest BCUT2D eigenvalue weighted by Gasteiger charge is 2.59. The Morgan fingerprint density at radius 3 is 2.62 bits per heavy atom. The molecule has 7 heteroatoms. The molecule has 0 radical (unpaired) electrons. The van der Waals surface area contributed by atoms with Crippen LogP contribution in [-0.2, 0) is 23.3 Å². The van der Waals surface area contributed by atoms with E-state index in [4.69, 9.17) is 10.7 Å².